The van der Waals surface area contributed by atoms with E-state index in [1.165, 1.54) is 0 Å². The van der Waals surface area contributed by atoms with Crippen molar-refractivity contribution in [3.8, 4) is 11.3 Å². The Morgan fingerprint density at radius 1 is 1.14 bits per heavy atom. The number of rotatable bonds is 5. The van der Waals surface area contributed by atoms with E-state index in [-0.39, 0.29) is 5.91 Å². The molecule has 0 saturated carbocycles. The number of thiophene rings is 1. The maximum absolute atomic E-state index is 11.8. The molecular formula is C17H14BrNO2S. The van der Waals surface area contributed by atoms with Gasteiger partial charge in [0.05, 0.1) is 13.0 Å². The van der Waals surface area contributed by atoms with Crippen molar-refractivity contribution in [3.63, 3.8) is 0 Å². The first-order valence-corrected chi connectivity index (χ1v) is 8.57. The maximum Gasteiger partial charge on any atom is 0.224 e. The van der Waals surface area contributed by atoms with Gasteiger partial charge in [-0.2, -0.15) is 11.3 Å². The normalized spacial score (nSPS) is 10.6. The van der Waals surface area contributed by atoms with Gasteiger partial charge in [-0.1, -0.05) is 28.1 Å². The predicted molar refractivity (Wildman–Crippen MR) is 91.7 cm³/mol. The molecule has 5 heteroatoms. The number of furan rings is 1. The fourth-order valence-corrected chi connectivity index (χ4v) is 3.00. The van der Waals surface area contributed by atoms with Crippen LogP contribution < -0.4 is 5.32 Å². The first-order valence-electron chi connectivity index (χ1n) is 6.83. The zero-order valence-electron chi connectivity index (χ0n) is 11.7. The summed E-state index contributed by atoms with van der Waals surface area (Å²) >= 11 is 5.01. The standard InChI is InChI=1S/C17H14BrNO2S/c18-14-3-1-13(2-4-14)16-6-5-15(21-16)10-19-17(20)9-12-7-8-22-11-12/h1-8,11H,9-10H2,(H,19,20). The van der Waals surface area contributed by atoms with Crippen LogP contribution in [0, 0.1) is 0 Å². The molecule has 3 aromatic rings. The molecule has 0 radical (unpaired) electrons. The molecule has 3 rings (SSSR count). The molecule has 1 aromatic carbocycles. The molecule has 0 atom stereocenters. The summed E-state index contributed by atoms with van der Waals surface area (Å²) in [6.07, 6.45) is 0.407. The van der Waals surface area contributed by atoms with Crippen molar-refractivity contribution < 1.29 is 9.21 Å². The lowest BCUT2D eigenvalue weighted by molar-refractivity contribution is -0.120. The van der Waals surface area contributed by atoms with Crippen LogP contribution in [0.15, 0.2) is 62.1 Å². The smallest absolute Gasteiger partial charge is 0.224 e. The van der Waals surface area contributed by atoms with Gasteiger partial charge in [0.15, 0.2) is 0 Å². The number of amides is 1. The summed E-state index contributed by atoms with van der Waals surface area (Å²) in [5, 5.41) is 6.83. The lowest BCUT2D eigenvalue weighted by atomic mass is 10.2. The van der Waals surface area contributed by atoms with Crippen LogP contribution in [-0.4, -0.2) is 5.91 Å². The molecule has 112 valence electrons. The summed E-state index contributed by atoms with van der Waals surface area (Å²) in [5.74, 6) is 1.55. The molecule has 2 heterocycles. The lowest BCUT2D eigenvalue weighted by Gasteiger charge is -2.02. The molecule has 0 aliphatic carbocycles. The van der Waals surface area contributed by atoms with Gasteiger partial charge in [-0.3, -0.25) is 4.79 Å². The maximum atomic E-state index is 11.8. The van der Waals surface area contributed by atoms with Gasteiger partial charge >= 0.3 is 0 Å². The third-order valence-electron chi connectivity index (χ3n) is 3.19. The molecule has 0 unspecified atom stereocenters. The van der Waals surface area contributed by atoms with Crippen molar-refractivity contribution in [3.05, 3.63) is 69.0 Å². The molecule has 2 aromatic heterocycles. The van der Waals surface area contributed by atoms with Crippen LogP contribution in [0.4, 0.5) is 0 Å². The zero-order valence-corrected chi connectivity index (χ0v) is 14.1. The van der Waals surface area contributed by atoms with Crippen molar-refractivity contribution in [2.24, 2.45) is 0 Å². The largest absolute Gasteiger partial charge is 0.459 e. The van der Waals surface area contributed by atoms with Crippen molar-refractivity contribution in [2.45, 2.75) is 13.0 Å². The molecule has 0 aliphatic heterocycles. The van der Waals surface area contributed by atoms with E-state index in [0.29, 0.717) is 13.0 Å². The Hall–Kier alpha value is -1.85. The number of hydrogen-bond donors (Lipinski definition) is 1. The van der Waals surface area contributed by atoms with E-state index >= 15 is 0 Å². The third-order valence-corrected chi connectivity index (χ3v) is 4.46. The highest BCUT2D eigenvalue weighted by Gasteiger charge is 2.07. The quantitative estimate of drug-likeness (QED) is 0.706. The number of carbonyl (C=O) groups is 1. The van der Waals surface area contributed by atoms with Crippen LogP contribution in [0.1, 0.15) is 11.3 Å². The Morgan fingerprint density at radius 3 is 2.68 bits per heavy atom. The minimum atomic E-state index is -0.00000769. The Balaban J connectivity index is 1.57. The second-order valence-electron chi connectivity index (χ2n) is 4.86. The average Bonchev–Trinajstić information content (AvgIpc) is 3.17. The molecule has 0 saturated heterocycles. The predicted octanol–water partition coefficient (Wildman–Crippen LogP) is 4.63. The van der Waals surface area contributed by atoms with E-state index in [4.69, 9.17) is 4.42 Å². The fraction of sp³-hybridized carbons (Fsp3) is 0.118. The van der Waals surface area contributed by atoms with Crippen LogP contribution in [-0.2, 0) is 17.8 Å². The van der Waals surface area contributed by atoms with Crippen LogP contribution in [0.5, 0.6) is 0 Å². The summed E-state index contributed by atoms with van der Waals surface area (Å²) in [5.41, 5.74) is 2.05. The fourth-order valence-electron chi connectivity index (χ4n) is 2.07. The Kier molecular flexibility index (Phi) is 4.75. The molecule has 0 fully saturated rings. The first kappa shape index (κ1) is 15.1. The van der Waals surface area contributed by atoms with Crippen LogP contribution in [0.2, 0.25) is 0 Å². The summed E-state index contributed by atoms with van der Waals surface area (Å²) < 4.78 is 6.80. The Labute approximate surface area is 141 Å². The zero-order chi connectivity index (χ0) is 15.4. The summed E-state index contributed by atoms with van der Waals surface area (Å²) in [7, 11) is 0. The molecule has 1 amide bonds. The van der Waals surface area contributed by atoms with Gasteiger partial charge in [0.25, 0.3) is 0 Å². The van der Waals surface area contributed by atoms with Gasteiger partial charge in [-0.15, -0.1) is 0 Å². The highest BCUT2D eigenvalue weighted by atomic mass is 79.9. The van der Waals surface area contributed by atoms with E-state index < -0.39 is 0 Å². The molecule has 3 nitrogen and oxygen atoms in total. The van der Waals surface area contributed by atoms with Crippen LogP contribution in [0.25, 0.3) is 11.3 Å². The minimum Gasteiger partial charge on any atom is -0.459 e. The van der Waals surface area contributed by atoms with Gasteiger partial charge < -0.3 is 9.73 Å². The summed E-state index contributed by atoms with van der Waals surface area (Å²) in [4.78, 5) is 11.8. The van der Waals surface area contributed by atoms with E-state index in [1.807, 2.05) is 53.2 Å². The monoisotopic (exact) mass is 375 g/mol. The van der Waals surface area contributed by atoms with Crippen molar-refractivity contribution in [1.29, 1.82) is 0 Å². The molecule has 22 heavy (non-hydrogen) atoms. The first-order chi connectivity index (χ1) is 10.7. The van der Waals surface area contributed by atoms with Gasteiger partial charge in [0.1, 0.15) is 11.5 Å². The average molecular weight is 376 g/mol. The topological polar surface area (TPSA) is 42.2 Å². The number of benzene rings is 1. The van der Waals surface area contributed by atoms with Crippen LogP contribution >= 0.6 is 27.3 Å². The van der Waals surface area contributed by atoms with E-state index in [9.17, 15) is 4.79 Å². The second kappa shape index (κ2) is 6.94. The van der Waals surface area contributed by atoms with E-state index in [0.717, 1.165) is 27.1 Å². The van der Waals surface area contributed by atoms with E-state index in [1.54, 1.807) is 11.3 Å². The highest BCUT2D eigenvalue weighted by molar-refractivity contribution is 9.10. The number of nitrogens with one attached hydrogen (secondary N) is 1. The molecular weight excluding hydrogens is 362 g/mol. The van der Waals surface area contributed by atoms with Crippen molar-refractivity contribution in [2.75, 3.05) is 0 Å². The van der Waals surface area contributed by atoms with Gasteiger partial charge in [-0.25, -0.2) is 0 Å². The van der Waals surface area contributed by atoms with Crippen molar-refractivity contribution >= 4 is 33.2 Å². The molecule has 0 spiro atoms. The van der Waals surface area contributed by atoms with Gasteiger partial charge in [-0.05, 0) is 46.7 Å². The Bertz CT molecular complexity index is 747. The van der Waals surface area contributed by atoms with Gasteiger partial charge in [0, 0.05) is 10.0 Å². The molecule has 1 N–H and O–H groups in total. The van der Waals surface area contributed by atoms with E-state index in [2.05, 4.69) is 21.2 Å². The van der Waals surface area contributed by atoms with Crippen LogP contribution in [0.3, 0.4) is 0 Å². The SMILES string of the molecule is O=C(Cc1ccsc1)NCc1ccc(-c2ccc(Br)cc2)o1. The number of hydrogen-bond acceptors (Lipinski definition) is 3. The number of carbonyl (C=O) groups excluding carboxylic acids is 1. The van der Waals surface area contributed by atoms with Crippen molar-refractivity contribution in [1.82, 2.24) is 5.32 Å². The molecule has 0 aliphatic rings. The number of halogens is 1. The second-order valence-corrected chi connectivity index (χ2v) is 6.55. The lowest BCUT2D eigenvalue weighted by Crippen LogP contribution is -2.24. The molecule has 0 bridgehead atoms. The minimum absolute atomic E-state index is 0.00000769. The highest BCUT2D eigenvalue weighted by Crippen LogP contribution is 2.23. The summed E-state index contributed by atoms with van der Waals surface area (Å²) in [6, 6.07) is 13.7. The Morgan fingerprint density at radius 2 is 1.95 bits per heavy atom. The summed E-state index contributed by atoms with van der Waals surface area (Å²) in [6.45, 7) is 0.402. The third kappa shape index (κ3) is 3.87. The van der Waals surface area contributed by atoms with Gasteiger partial charge in [0.2, 0.25) is 5.91 Å².